The SMILES string of the molecule is C#CC(CCC)Nc1c([N+](=O)[O-])c(C(C)C)nn1C. The second-order valence-electron chi connectivity index (χ2n) is 4.77. The minimum atomic E-state index is -0.399. The number of aromatic nitrogens is 2. The number of hydrogen-bond acceptors (Lipinski definition) is 4. The molecule has 0 amide bonds. The minimum absolute atomic E-state index is 0.0161. The maximum absolute atomic E-state index is 11.2. The lowest BCUT2D eigenvalue weighted by molar-refractivity contribution is -0.384. The molecule has 104 valence electrons. The molecule has 0 aliphatic carbocycles. The summed E-state index contributed by atoms with van der Waals surface area (Å²) in [6, 6.07) is -0.223. The van der Waals surface area contributed by atoms with E-state index in [0.29, 0.717) is 11.5 Å². The molecular formula is C13H20N4O2. The van der Waals surface area contributed by atoms with Gasteiger partial charge in [-0.1, -0.05) is 33.1 Å². The van der Waals surface area contributed by atoms with E-state index in [2.05, 4.69) is 16.3 Å². The number of aryl methyl sites for hydroxylation is 1. The molecule has 1 atom stereocenters. The maximum atomic E-state index is 11.2. The van der Waals surface area contributed by atoms with Gasteiger partial charge in [-0.15, -0.1) is 6.42 Å². The van der Waals surface area contributed by atoms with Gasteiger partial charge in [-0.3, -0.25) is 10.1 Å². The summed E-state index contributed by atoms with van der Waals surface area (Å²) >= 11 is 0. The molecule has 19 heavy (non-hydrogen) atoms. The van der Waals surface area contributed by atoms with Gasteiger partial charge in [0.2, 0.25) is 5.82 Å². The standard InChI is InChI=1S/C13H20N4O2/c1-6-8-10(7-2)14-13-12(17(18)19)11(9(3)4)15-16(13)5/h2,9-10,14H,6,8H2,1,3-5H3. The highest BCUT2D eigenvalue weighted by Gasteiger charge is 2.29. The smallest absolute Gasteiger partial charge is 0.334 e. The van der Waals surface area contributed by atoms with E-state index >= 15 is 0 Å². The van der Waals surface area contributed by atoms with Gasteiger partial charge in [-0.2, -0.15) is 5.10 Å². The molecule has 1 heterocycles. The molecule has 1 aromatic rings. The van der Waals surface area contributed by atoms with Crippen molar-refractivity contribution in [3.8, 4) is 12.3 Å². The van der Waals surface area contributed by atoms with Gasteiger partial charge in [0.1, 0.15) is 5.69 Å². The van der Waals surface area contributed by atoms with E-state index in [0.717, 1.165) is 12.8 Å². The van der Waals surface area contributed by atoms with Gasteiger partial charge >= 0.3 is 5.69 Å². The van der Waals surface area contributed by atoms with E-state index in [-0.39, 0.29) is 17.6 Å². The Bertz CT molecular complexity index is 499. The molecule has 0 saturated heterocycles. The molecule has 0 aliphatic heterocycles. The fourth-order valence-corrected chi connectivity index (χ4v) is 1.92. The molecule has 0 radical (unpaired) electrons. The first-order valence-electron chi connectivity index (χ1n) is 6.36. The van der Waals surface area contributed by atoms with Crippen LogP contribution in [0.3, 0.4) is 0 Å². The van der Waals surface area contributed by atoms with Crippen molar-refractivity contribution in [1.82, 2.24) is 9.78 Å². The van der Waals surface area contributed by atoms with E-state index in [1.165, 1.54) is 4.68 Å². The highest BCUT2D eigenvalue weighted by atomic mass is 16.6. The highest BCUT2D eigenvalue weighted by molar-refractivity contribution is 5.61. The zero-order chi connectivity index (χ0) is 14.6. The third-order valence-electron chi connectivity index (χ3n) is 2.87. The Hall–Kier alpha value is -2.03. The van der Waals surface area contributed by atoms with E-state index < -0.39 is 4.92 Å². The third-order valence-corrected chi connectivity index (χ3v) is 2.87. The van der Waals surface area contributed by atoms with Crippen LogP contribution < -0.4 is 5.32 Å². The van der Waals surface area contributed by atoms with E-state index in [9.17, 15) is 10.1 Å². The first-order valence-corrected chi connectivity index (χ1v) is 6.36. The predicted molar refractivity (Wildman–Crippen MR) is 75.1 cm³/mol. The Morgan fingerprint density at radius 2 is 2.21 bits per heavy atom. The summed E-state index contributed by atoms with van der Waals surface area (Å²) in [5.41, 5.74) is 0.496. The van der Waals surface area contributed by atoms with Gasteiger partial charge < -0.3 is 5.32 Å². The van der Waals surface area contributed by atoms with E-state index in [1.54, 1.807) is 7.05 Å². The summed E-state index contributed by atoms with van der Waals surface area (Å²) in [6.07, 6.45) is 7.10. The molecule has 1 aromatic heterocycles. The third kappa shape index (κ3) is 3.25. The number of rotatable bonds is 6. The van der Waals surface area contributed by atoms with Gasteiger partial charge in [0.25, 0.3) is 0 Å². The van der Waals surface area contributed by atoms with Crippen LogP contribution in [0.5, 0.6) is 0 Å². The number of nitro groups is 1. The minimum Gasteiger partial charge on any atom is -0.351 e. The van der Waals surface area contributed by atoms with Crippen LogP contribution in [0, 0.1) is 22.5 Å². The Morgan fingerprint density at radius 1 is 1.58 bits per heavy atom. The van der Waals surface area contributed by atoms with Crippen LogP contribution in [0.25, 0.3) is 0 Å². The van der Waals surface area contributed by atoms with Gasteiger partial charge in [0.05, 0.1) is 11.0 Å². The van der Waals surface area contributed by atoms with Crippen molar-refractivity contribution < 1.29 is 4.92 Å². The van der Waals surface area contributed by atoms with Crippen LogP contribution in [-0.2, 0) is 7.05 Å². The van der Waals surface area contributed by atoms with Crippen LogP contribution in [0.4, 0.5) is 11.5 Å². The van der Waals surface area contributed by atoms with Gasteiger partial charge in [0.15, 0.2) is 0 Å². The molecule has 0 saturated carbocycles. The number of nitrogens with one attached hydrogen (secondary N) is 1. The molecule has 0 bridgehead atoms. The van der Waals surface area contributed by atoms with Crippen molar-refractivity contribution in [3.63, 3.8) is 0 Å². The van der Waals surface area contributed by atoms with Gasteiger partial charge in [-0.25, -0.2) is 4.68 Å². The van der Waals surface area contributed by atoms with Crippen molar-refractivity contribution in [2.45, 2.75) is 45.6 Å². The second-order valence-corrected chi connectivity index (χ2v) is 4.77. The van der Waals surface area contributed by atoms with Crippen molar-refractivity contribution in [2.24, 2.45) is 7.05 Å². The number of anilines is 1. The predicted octanol–water partition coefficient (Wildman–Crippen LogP) is 2.67. The quantitative estimate of drug-likeness (QED) is 0.487. The molecule has 1 N–H and O–H groups in total. The van der Waals surface area contributed by atoms with Gasteiger partial charge in [0, 0.05) is 13.0 Å². The molecule has 6 nitrogen and oxygen atoms in total. The average Bonchev–Trinajstić information content (AvgIpc) is 2.66. The Balaban J connectivity index is 3.20. The number of nitrogens with zero attached hydrogens (tertiary/aromatic N) is 3. The number of hydrogen-bond donors (Lipinski definition) is 1. The Morgan fingerprint density at radius 3 is 2.63 bits per heavy atom. The lowest BCUT2D eigenvalue weighted by Gasteiger charge is -2.12. The molecule has 6 heteroatoms. The molecule has 0 aromatic carbocycles. The summed E-state index contributed by atoms with van der Waals surface area (Å²) < 4.78 is 1.49. The highest BCUT2D eigenvalue weighted by Crippen LogP contribution is 2.33. The van der Waals surface area contributed by atoms with Crippen LogP contribution >= 0.6 is 0 Å². The molecule has 1 rings (SSSR count). The van der Waals surface area contributed by atoms with Crippen LogP contribution in [0.2, 0.25) is 0 Å². The normalized spacial score (nSPS) is 12.2. The zero-order valence-electron chi connectivity index (χ0n) is 11.8. The van der Waals surface area contributed by atoms with Crippen LogP contribution in [0.1, 0.15) is 45.2 Å². The average molecular weight is 264 g/mol. The maximum Gasteiger partial charge on any atom is 0.334 e. The fourth-order valence-electron chi connectivity index (χ4n) is 1.92. The Kier molecular flexibility index (Phi) is 4.93. The number of terminal acetylenes is 1. The van der Waals surface area contributed by atoms with E-state index in [1.807, 2.05) is 20.8 Å². The monoisotopic (exact) mass is 264 g/mol. The van der Waals surface area contributed by atoms with Crippen LogP contribution in [0.15, 0.2) is 0 Å². The second kappa shape index (κ2) is 6.23. The van der Waals surface area contributed by atoms with Crippen molar-refractivity contribution in [2.75, 3.05) is 5.32 Å². The Labute approximate surface area is 113 Å². The van der Waals surface area contributed by atoms with Crippen molar-refractivity contribution in [1.29, 1.82) is 0 Å². The molecular weight excluding hydrogens is 244 g/mol. The van der Waals surface area contributed by atoms with Crippen molar-refractivity contribution >= 4 is 11.5 Å². The first kappa shape index (κ1) is 15.0. The molecule has 1 unspecified atom stereocenters. The molecule has 0 fully saturated rings. The lowest BCUT2D eigenvalue weighted by atomic mass is 10.1. The zero-order valence-corrected chi connectivity index (χ0v) is 11.8. The largest absolute Gasteiger partial charge is 0.351 e. The summed E-state index contributed by atoms with van der Waals surface area (Å²) in [7, 11) is 1.68. The van der Waals surface area contributed by atoms with Gasteiger partial charge in [-0.05, 0) is 6.42 Å². The molecule has 0 aliphatic rings. The topological polar surface area (TPSA) is 73.0 Å². The summed E-state index contributed by atoms with van der Waals surface area (Å²) in [5, 5.41) is 18.5. The lowest BCUT2D eigenvalue weighted by Crippen LogP contribution is -2.19. The van der Waals surface area contributed by atoms with E-state index in [4.69, 9.17) is 6.42 Å². The van der Waals surface area contributed by atoms with Crippen LogP contribution in [-0.4, -0.2) is 20.7 Å². The fraction of sp³-hybridized carbons (Fsp3) is 0.615. The first-order chi connectivity index (χ1) is 8.92. The van der Waals surface area contributed by atoms with Crippen molar-refractivity contribution in [3.05, 3.63) is 15.8 Å². The summed E-state index contributed by atoms with van der Waals surface area (Å²) in [4.78, 5) is 10.9. The molecule has 0 spiro atoms. The summed E-state index contributed by atoms with van der Waals surface area (Å²) in [5.74, 6) is 2.97. The summed E-state index contributed by atoms with van der Waals surface area (Å²) in [6.45, 7) is 5.77.